The number of aliphatic hydroxyl groups is 3. The van der Waals surface area contributed by atoms with Crippen LogP contribution in [-0.2, 0) is 104 Å². The van der Waals surface area contributed by atoms with Gasteiger partial charge in [-0.05, 0) is 149 Å². The predicted molar refractivity (Wildman–Crippen MR) is 508 cm³/mol. The molecule has 0 aliphatic carbocycles. The number of carboxylic acids is 2. The number of unbranched alkanes of at least 4 members (excludes halogenated alkanes) is 1. The molecule has 9 rings (SSSR count). The SMILES string of the molecule is CC(C)C[C@@H](NC(=O)[C@H](NC(=O)[C@@H](CO)NC(=O)[C@H]1CCCN1C(=O)[C@@H](CC(C)C)NC(=O)[C@@H](Cc1ccccc1)NC(=O)[C@@H](Cc1ccccc1)NC(=O)[C@H](NC(=O)[C@@H](Cc1c[nH]c2ccccc12)NC(=O)[C@H](N)Cc1c[nH]c2ccccc12)[C@@H](C)O)[C@@H](C)O)C(=O)N[C@H](Cc1c[nH]c2ccccc12)C(=O)N[C@H](CCC(=O)O)C(=O)N[C@H](CCCNC(=N)N)C(=O)N[C@H](CCCCN)C(=O)O. The number of carbonyl (C=O) groups excluding carboxylic acids is 13. The number of nitrogens with zero attached hydrogens (tertiary/aromatic N) is 1. The maximum absolute atomic E-state index is 15.2. The summed E-state index contributed by atoms with van der Waals surface area (Å²) in [5.74, 6) is -16.5. The fourth-order valence-electron chi connectivity index (χ4n) is 16.4. The molecule has 1 fully saturated rings. The van der Waals surface area contributed by atoms with E-state index >= 15 is 14.4 Å². The standard InChI is InChI=1S/C96H129N21O20/c1-52(2)41-71(85(126)110-74(46-59-49-103-66-31-17-14-28-62(59)66)88(129)106-69(36-37-79(121)122)84(125)105-68(34-21-39-101-96(99)100)83(124)107-70(95(136)137)33-19-20-38-97)111-92(133)81(55(6)120)116-90(131)77(51-118)114-91(132)78-35-22-40-117(78)94(135)76(42-53(3)4)113-87(128)72(43-56-23-9-7-10-24-56)109-86(127)73(44-57-25-11-8-12-26-57)112-93(134)80(54(5)119)115-89(130)75(47-60-50-104-67-32-18-15-29-63(60)67)108-82(123)64(98)45-58-48-102-65-30-16-13-27-61(58)65/h7-18,23-32,48-50,52-55,64,68-78,80-81,102-104,118-120H,19-22,33-47,51,97-98H2,1-6H3,(H,105,125)(H,106,129)(H,107,124)(H,108,123)(H,109,127)(H,110,126)(H,111,133)(H,112,134)(H,113,128)(H,114,132)(H,115,130)(H,116,131)(H,121,122)(H,136,137)(H4,99,100,101)/t54-,55-,64-,68-,69-,70-,71-,72-,73-,74-,75-,76-,77-,78-,80-,81-/m1/s1. The van der Waals surface area contributed by atoms with Crippen LogP contribution < -0.4 is 86.3 Å². The van der Waals surface area contributed by atoms with Crippen LogP contribution in [0, 0.1) is 17.2 Å². The van der Waals surface area contributed by atoms with Crippen LogP contribution in [-0.4, -0.2) is 263 Å². The molecule has 0 unspecified atom stereocenters. The number of amides is 13. The Bertz CT molecular complexity index is 5490. The molecule has 0 saturated carbocycles. The van der Waals surface area contributed by atoms with Crippen LogP contribution in [0.15, 0.2) is 152 Å². The molecular formula is C96H129N21O20. The molecule has 738 valence electrons. The fraction of sp³-hybridized carbons (Fsp3) is 0.458. The van der Waals surface area contributed by atoms with Crippen LogP contribution in [0.5, 0.6) is 0 Å². The fourth-order valence-corrected chi connectivity index (χ4v) is 16.4. The molecule has 1 aliphatic heterocycles. The third-order valence-corrected chi connectivity index (χ3v) is 23.6. The second kappa shape index (κ2) is 52.1. The van der Waals surface area contributed by atoms with Crippen molar-refractivity contribution in [1.82, 2.24) is 89.0 Å². The molecule has 28 N–H and O–H groups in total. The number of aromatic amines is 3. The van der Waals surface area contributed by atoms with Crippen molar-refractivity contribution in [2.45, 2.75) is 241 Å². The summed E-state index contributed by atoms with van der Waals surface area (Å²) in [6.07, 6.45) is 0.239. The van der Waals surface area contributed by atoms with Gasteiger partial charge < -0.3 is 132 Å². The van der Waals surface area contributed by atoms with E-state index in [1.165, 1.54) is 11.8 Å². The molecule has 3 aromatic heterocycles. The molecule has 0 radical (unpaired) electrons. The number of aliphatic hydroxyl groups excluding tert-OH is 3. The Balaban J connectivity index is 0.885. The first kappa shape index (κ1) is 107. The van der Waals surface area contributed by atoms with Crippen molar-refractivity contribution in [3.63, 3.8) is 0 Å². The lowest BCUT2D eigenvalue weighted by molar-refractivity contribution is -0.143. The molecule has 41 heteroatoms. The number of nitrogens with one attached hydrogen (secondary N) is 17. The maximum Gasteiger partial charge on any atom is 0.326 e. The number of carbonyl (C=O) groups is 15. The van der Waals surface area contributed by atoms with Gasteiger partial charge >= 0.3 is 11.9 Å². The molecule has 0 bridgehead atoms. The van der Waals surface area contributed by atoms with Crippen LogP contribution in [0.1, 0.15) is 140 Å². The molecule has 0 spiro atoms. The third kappa shape index (κ3) is 31.7. The first-order valence-electron chi connectivity index (χ1n) is 46.0. The Morgan fingerprint density at radius 2 is 0.796 bits per heavy atom. The molecule has 4 heterocycles. The molecule has 5 aromatic carbocycles. The molecule has 13 amide bonds. The van der Waals surface area contributed by atoms with Crippen molar-refractivity contribution >= 4 is 127 Å². The Labute approximate surface area is 791 Å². The van der Waals surface area contributed by atoms with Crippen molar-refractivity contribution in [2.75, 3.05) is 26.2 Å². The van der Waals surface area contributed by atoms with E-state index in [1.807, 2.05) is 42.5 Å². The van der Waals surface area contributed by atoms with E-state index in [2.05, 4.69) is 84.1 Å². The molecular weight excluding hydrogens is 1770 g/mol. The lowest BCUT2D eigenvalue weighted by atomic mass is 9.99. The number of likely N-dealkylation sites (tertiary alicyclic amines) is 1. The van der Waals surface area contributed by atoms with E-state index in [-0.39, 0.29) is 103 Å². The number of fused-ring (bicyclic) bond motifs is 3. The van der Waals surface area contributed by atoms with Crippen LogP contribution in [0.4, 0.5) is 0 Å². The molecule has 1 aliphatic rings. The highest BCUT2D eigenvalue weighted by atomic mass is 16.4. The van der Waals surface area contributed by atoms with Crippen LogP contribution in [0.2, 0.25) is 0 Å². The van der Waals surface area contributed by atoms with Crippen LogP contribution in [0.25, 0.3) is 32.7 Å². The minimum Gasteiger partial charge on any atom is -0.481 e. The van der Waals surface area contributed by atoms with E-state index in [0.29, 0.717) is 46.0 Å². The largest absolute Gasteiger partial charge is 0.481 e. The van der Waals surface area contributed by atoms with Crippen LogP contribution in [0.3, 0.4) is 0 Å². The van der Waals surface area contributed by atoms with E-state index in [9.17, 15) is 83.1 Å². The number of guanidine groups is 1. The van der Waals surface area contributed by atoms with Crippen molar-refractivity contribution in [3.8, 4) is 0 Å². The van der Waals surface area contributed by atoms with Gasteiger partial charge in [0, 0.05) is 96.5 Å². The molecule has 8 aromatic rings. The average Bonchev–Trinajstić information content (AvgIpc) is 1.72. The van der Waals surface area contributed by atoms with Crippen molar-refractivity contribution in [1.29, 1.82) is 5.41 Å². The zero-order valence-corrected chi connectivity index (χ0v) is 77.5. The topological polar surface area (TPSA) is 666 Å². The van der Waals surface area contributed by atoms with Gasteiger partial charge in [0.05, 0.1) is 24.9 Å². The Hall–Kier alpha value is -14.2. The number of hydrogen-bond acceptors (Lipinski definition) is 21. The van der Waals surface area contributed by atoms with Gasteiger partial charge in [-0.1, -0.05) is 143 Å². The first-order valence-corrected chi connectivity index (χ1v) is 46.0. The maximum atomic E-state index is 15.2. The number of rotatable bonds is 54. The molecule has 1 saturated heterocycles. The Kier molecular flexibility index (Phi) is 40.5. The number of para-hydroxylation sites is 3. The number of carboxylic acid groups (broad SMARTS) is 2. The Morgan fingerprint density at radius 3 is 1.24 bits per heavy atom. The van der Waals surface area contributed by atoms with Gasteiger partial charge in [-0.15, -0.1) is 0 Å². The summed E-state index contributed by atoms with van der Waals surface area (Å²) in [7, 11) is 0. The minimum absolute atomic E-state index is 0.00558. The number of aliphatic carboxylic acids is 2. The number of hydrogen-bond donors (Lipinski definition) is 25. The van der Waals surface area contributed by atoms with Gasteiger partial charge in [-0.3, -0.25) is 72.5 Å². The molecule has 137 heavy (non-hydrogen) atoms. The van der Waals surface area contributed by atoms with Gasteiger partial charge in [0.15, 0.2) is 5.96 Å². The van der Waals surface area contributed by atoms with Gasteiger partial charge in [-0.25, -0.2) is 4.79 Å². The second-order valence-electron chi connectivity index (χ2n) is 35.4. The Morgan fingerprint density at radius 1 is 0.423 bits per heavy atom. The summed E-state index contributed by atoms with van der Waals surface area (Å²) >= 11 is 0. The first-order chi connectivity index (χ1) is 65.4. The molecule has 41 nitrogen and oxygen atoms in total. The average molecular weight is 1900 g/mol. The van der Waals surface area contributed by atoms with E-state index in [1.54, 1.807) is 137 Å². The van der Waals surface area contributed by atoms with Crippen molar-refractivity contribution in [2.24, 2.45) is 29.0 Å². The van der Waals surface area contributed by atoms with Gasteiger partial charge in [0.2, 0.25) is 76.8 Å². The van der Waals surface area contributed by atoms with Gasteiger partial charge in [0.25, 0.3) is 0 Å². The van der Waals surface area contributed by atoms with E-state index in [4.69, 9.17) is 22.6 Å². The molecule has 16 atom stereocenters. The highest BCUT2D eigenvalue weighted by Crippen LogP contribution is 2.26. The third-order valence-electron chi connectivity index (χ3n) is 23.6. The lowest BCUT2D eigenvalue weighted by Gasteiger charge is -2.32. The minimum atomic E-state index is -1.94. The van der Waals surface area contributed by atoms with Gasteiger partial charge in [-0.2, -0.15) is 0 Å². The van der Waals surface area contributed by atoms with Crippen LogP contribution >= 0.6 is 0 Å². The van der Waals surface area contributed by atoms with E-state index in [0.717, 1.165) is 34.3 Å². The summed E-state index contributed by atoms with van der Waals surface area (Å²) in [5.41, 5.74) is 22.7. The van der Waals surface area contributed by atoms with Gasteiger partial charge in [0.1, 0.15) is 78.5 Å². The van der Waals surface area contributed by atoms with Crippen molar-refractivity contribution < 1.29 is 97.5 Å². The summed E-state index contributed by atoms with van der Waals surface area (Å²) in [4.78, 5) is 226. The summed E-state index contributed by atoms with van der Waals surface area (Å²) in [5, 5.41) is 96.9. The van der Waals surface area contributed by atoms with E-state index < -0.39 is 217 Å². The number of nitrogens with two attached hydrogens (primary N) is 3. The zero-order chi connectivity index (χ0) is 99.7. The highest BCUT2D eigenvalue weighted by molar-refractivity contribution is 6.02. The predicted octanol–water partition coefficient (Wildman–Crippen LogP) is -0.0325. The highest BCUT2D eigenvalue weighted by Gasteiger charge is 2.43. The quantitative estimate of drug-likeness (QED) is 0.0135. The number of aromatic nitrogens is 3. The summed E-state index contributed by atoms with van der Waals surface area (Å²) in [6.45, 7) is 8.42. The van der Waals surface area contributed by atoms with Crippen molar-refractivity contribution in [3.05, 3.63) is 180 Å². The smallest absolute Gasteiger partial charge is 0.326 e. The number of benzene rings is 5. The zero-order valence-electron chi connectivity index (χ0n) is 77.5. The monoisotopic (exact) mass is 1900 g/mol. The summed E-state index contributed by atoms with van der Waals surface area (Å²) < 4.78 is 0. The summed E-state index contributed by atoms with van der Waals surface area (Å²) in [6, 6.07) is 16.9. The number of H-pyrrole nitrogens is 3. The lowest BCUT2D eigenvalue weighted by Crippen LogP contribution is -2.63. The normalized spacial score (nSPS) is 15.8. The second-order valence-corrected chi connectivity index (χ2v) is 35.4.